The molecule has 2 heterocycles. The zero-order valence-corrected chi connectivity index (χ0v) is 12.6. The molecule has 0 unspecified atom stereocenters. The summed E-state index contributed by atoms with van der Waals surface area (Å²) in [5.74, 6) is -1.37. The second-order valence-electron chi connectivity index (χ2n) is 5.03. The van der Waals surface area contributed by atoms with Crippen molar-refractivity contribution in [3.8, 4) is 0 Å². The molecule has 22 heavy (non-hydrogen) atoms. The number of hydrogen-bond acceptors (Lipinski definition) is 4. The third-order valence-corrected chi connectivity index (χ3v) is 3.17. The zero-order valence-electron chi connectivity index (χ0n) is 12.6. The molecule has 0 aliphatic heterocycles. The van der Waals surface area contributed by atoms with Crippen molar-refractivity contribution in [1.82, 2.24) is 24.9 Å². The van der Waals surface area contributed by atoms with E-state index < -0.39 is 5.97 Å². The van der Waals surface area contributed by atoms with Crippen molar-refractivity contribution in [3.63, 3.8) is 0 Å². The van der Waals surface area contributed by atoms with E-state index in [0.717, 1.165) is 17.8 Å². The summed E-state index contributed by atoms with van der Waals surface area (Å²) in [6, 6.07) is 3.50. The average Bonchev–Trinajstić information content (AvgIpc) is 3.00. The summed E-state index contributed by atoms with van der Waals surface area (Å²) in [5.41, 5.74) is 2.30. The number of aryl methyl sites for hydroxylation is 3. The molecule has 0 saturated carbocycles. The van der Waals surface area contributed by atoms with Gasteiger partial charge in [0.05, 0.1) is 5.69 Å². The molecule has 8 nitrogen and oxygen atoms in total. The molecule has 2 rings (SSSR count). The quantitative estimate of drug-likeness (QED) is 0.729. The Balaban J connectivity index is 1.82. The van der Waals surface area contributed by atoms with Crippen LogP contribution in [0.4, 0.5) is 0 Å². The van der Waals surface area contributed by atoms with Gasteiger partial charge in [-0.25, -0.2) is 4.68 Å². The molecule has 0 fully saturated rings. The van der Waals surface area contributed by atoms with Crippen LogP contribution in [0.25, 0.3) is 0 Å². The number of hydrogen-bond donors (Lipinski definition) is 2. The van der Waals surface area contributed by atoms with Gasteiger partial charge in [0.15, 0.2) is 0 Å². The van der Waals surface area contributed by atoms with Crippen LogP contribution in [0, 0.1) is 13.8 Å². The van der Waals surface area contributed by atoms with Crippen molar-refractivity contribution in [2.75, 3.05) is 6.54 Å². The van der Waals surface area contributed by atoms with Crippen LogP contribution < -0.4 is 5.32 Å². The fourth-order valence-electron chi connectivity index (χ4n) is 2.20. The highest BCUT2D eigenvalue weighted by Crippen LogP contribution is 2.03. The molecule has 0 aliphatic rings. The lowest BCUT2D eigenvalue weighted by Gasteiger charge is -2.08. The SMILES string of the molecule is Cc1cc(C)n(CCCNC(=O)c2ccnn2CC(=O)O)n1. The maximum atomic E-state index is 12.0. The molecule has 1 amide bonds. The van der Waals surface area contributed by atoms with Gasteiger partial charge in [0, 0.05) is 25.0 Å². The second-order valence-corrected chi connectivity index (χ2v) is 5.03. The predicted octanol–water partition coefficient (Wildman–Crippen LogP) is 0.601. The Morgan fingerprint density at radius 3 is 2.73 bits per heavy atom. The number of nitrogens with zero attached hydrogens (tertiary/aromatic N) is 4. The fraction of sp³-hybridized carbons (Fsp3) is 0.429. The molecule has 2 N–H and O–H groups in total. The number of carboxylic acids is 1. The Bertz CT molecular complexity index is 674. The molecule has 8 heteroatoms. The average molecular weight is 305 g/mol. The first kappa shape index (κ1) is 15.7. The molecule has 2 aromatic heterocycles. The molecule has 0 aromatic carbocycles. The van der Waals surface area contributed by atoms with E-state index in [0.29, 0.717) is 13.1 Å². The summed E-state index contributed by atoms with van der Waals surface area (Å²) in [6.45, 7) is 4.79. The Morgan fingerprint density at radius 2 is 2.09 bits per heavy atom. The van der Waals surface area contributed by atoms with E-state index in [2.05, 4.69) is 15.5 Å². The van der Waals surface area contributed by atoms with Gasteiger partial charge in [0.2, 0.25) is 0 Å². The van der Waals surface area contributed by atoms with E-state index in [1.165, 1.54) is 16.9 Å². The van der Waals surface area contributed by atoms with E-state index in [4.69, 9.17) is 5.11 Å². The molecular formula is C14H19N5O3. The monoisotopic (exact) mass is 305 g/mol. The van der Waals surface area contributed by atoms with Gasteiger partial charge in [-0.2, -0.15) is 10.2 Å². The highest BCUT2D eigenvalue weighted by atomic mass is 16.4. The minimum atomic E-state index is -1.04. The minimum absolute atomic E-state index is 0.244. The maximum absolute atomic E-state index is 12.0. The van der Waals surface area contributed by atoms with E-state index in [9.17, 15) is 9.59 Å². The molecule has 0 saturated heterocycles. The van der Waals surface area contributed by atoms with Gasteiger partial charge < -0.3 is 10.4 Å². The molecule has 0 atom stereocenters. The summed E-state index contributed by atoms with van der Waals surface area (Å²) in [4.78, 5) is 22.7. The standard InChI is InChI=1S/C14H19N5O3/c1-10-8-11(2)18(17-10)7-3-5-15-14(22)12-4-6-16-19(12)9-13(20)21/h4,6,8H,3,5,7,9H2,1-2H3,(H,15,22)(H,20,21). The van der Waals surface area contributed by atoms with E-state index in [-0.39, 0.29) is 18.1 Å². The molecular weight excluding hydrogens is 286 g/mol. The first-order valence-electron chi connectivity index (χ1n) is 7.00. The van der Waals surface area contributed by atoms with Crippen LogP contribution in [0.5, 0.6) is 0 Å². The third-order valence-electron chi connectivity index (χ3n) is 3.17. The summed E-state index contributed by atoms with van der Waals surface area (Å²) >= 11 is 0. The summed E-state index contributed by atoms with van der Waals surface area (Å²) in [5, 5.41) is 19.7. The van der Waals surface area contributed by atoms with Gasteiger partial charge in [-0.3, -0.25) is 14.3 Å². The highest BCUT2D eigenvalue weighted by molar-refractivity contribution is 5.92. The van der Waals surface area contributed by atoms with E-state index >= 15 is 0 Å². The number of rotatable bonds is 7. The number of carbonyl (C=O) groups is 2. The minimum Gasteiger partial charge on any atom is -0.480 e. The lowest BCUT2D eigenvalue weighted by Crippen LogP contribution is -2.28. The third kappa shape index (κ3) is 3.94. The highest BCUT2D eigenvalue weighted by Gasteiger charge is 2.13. The van der Waals surface area contributed by atoms with E-state index in [1.807, 2.05) is 24.6 Å². The maximum Gasteiger partial charge on any atom is 0.325 e. The van der Waals surface area contributed by atoms with Gasteiger partial charge in [-0.15, -0.1) is 0 Å². The molecule has 0 aliphatic carbocycles. The van der Waals surface area contributed by atoms with Crippen LogP contribution in [0.15, 0.2) is 18.3 Å². The van der Waals surface area contributed by atoms with Gasteiger partial charge >= 0.3 is 5.97 Å². The molecule has 0 spiro atoms. The first-order valence-corrected chi connectivity index (χ1v) is 7.00. The summed E-state index contributed by atoms with van der Waals surface area (Å²) < 4.78 is 3.06. The van der Waals surface area contributed by atoms with Crippen molar-refractivity contribution >= 4 is 11.9 Å². The van der Waals surface area contributed by atoms with E-state index in [1.54, 1.807) is 0 Å². The number of aromatic nitrogens is 4. The lowest BCUT2D eigenvalue weighted by atomic mass is 10.3. The zero-order chi connectivity index (χ0) is 16.1. The number of nitrogens with one attached hydrogen (secondary N) is 1. The Morgan fingerprint density at radius 1 is 1.32 bits per heavy atom. The van der Waals surface area contributed by atoms with Crippen molar-refractivity contribution in [3.05, 3.63) is 35.4 Å². The number of amides is 1. The number of aliphatic carboxylic acids is 1. The largest absolute Gasteiger partial charge is 0.480 e. The fourth-order valence-corrected chi connectivity index (χ4v) is 2.20. The number of carbonyl (C=O) groups excluding carboxylic acids is 1. The van der Waals surface area contributed by atoms with Crippen LogP contribution in [0.1, 0.15) is 28.3 Å². The van der Waals surface area contributed by atoms with Crippen LogP contribution in [-0.2, 0) is 17.9 Å². The molecule has 0 radical (unpaired) electrons. The van der Waals surface area contributed by atoms with Crippen LogP contribution in [-0.4, -0.2) is 43.1 Å². The normalized spacial score (nSPS) is 10.6. The predicted molar refractivity (Wildman–Crippen MR) is 78.5 cm³/mol. The van der Waals surface area contributed by atoms with Crippen molar-refractivity contribution in [1.29, 1.82) is 0 Å². The van der Waals surface area contributed by atoms with Crippen LogP contribution in [0.2, 0.25) is 0 Å². The van der Waals surface area contributed by atoms with Gasteiger partial charge in [-0.1, -0.05) is 0 Å². The topological polar surface area (TPSA) is 102 Å². The lowest BCUT2D eigenvalue weighted by molar-refractivity contribution is -0.137. The smallest absolute Gasteiger partial charge is 0.325 e. The first-order chi connectivity index (χ1) is 10.5. The summed E-state index contributed by atoms with van der Waals surface area (Å²) in [7, 11) is 0. The Labute approximate surface area is 127 Å². The van der Waals surface area contributed by atoms with Gasteiger partial charge in [0.25, 0.3) is 5.91 Å². The second kappa shape index (κ2) is 6.88. The number of carboxylic acid groups (broad SMARTS) is 1. The molecule has 118 valence electrons. The van der Waals surface area contributed by atoms with Crippen LogP contribution >= 0.6 is 0 Å². The Hall–Kier alpha value is -2.64. The summed E-state index contributed by atoms with van der Waals surface area (Å²) in [6.07, 6.45) is 2.15. The van der Waals surface area contributed by atoms with Crippen molar-refractivity contribution in [2.45, 2.75) is 33.4 Å². The van der Waals surface area contributed by atoms with Crippen molar-refractivity contribution < 1.29 is 14.7 Å². The molecule has 2 aromatic rings. The molecule has 0 bridgehead atoms. The van der Waals surface area contributed by atoms with Crippen LogP contribution in [0.3, 0.4) is 0 Å². The van der Waals surface area contributed by atoms with Gasteiger partial charge in [-0.05, 0) is 32.4 Å². The van der Waals surface area contributed by atoms with Crippen molar-refractivity contribution in [2.24, 2.45) is 0 Å². The van der Waals surface area contributed by atoms with Gasteiger partial charge in [0.1, 0.15) is 12.2 Å². The Kier molecular flexibility index (Phi) is 4.92.